The molecule has 6 heteroatoms. The Kier molecular flexibility index (Phi) is 3.86. The number of amides is 1. The third kappa shape index (κ3) is 2.56. The smallest absolute Gasteiger partial charge is 0.414 e. The molecule has 1 amide bonds. The van der Waals surface area contributed by atoms with Crippen LogP contribution in [0.4, 0.5) is 10.5 Å². The minimum Gasteiger partial charge on any atom is -0.493 e. The Morgan fingerprint density at radius 3 is 2.50 bits per heavy atom. The first kappa shape index (κ1) is 16.5. The highest BCUT2D eigenvalue weighted by Gasteiger charge is 2.31. The molecule has 2 heterocycles. The number of nitrogens with zero attached hydrogens (tertiary/aromatic N) is 2. The fraction of sp³-hybridized carbons (Fsp3) is 0.500. The first-order chi connectivity index (χ1) is 11.3. The minimum absolute atomic E-state index is 0.342. The first-order valence-electron chi connectivity index (χ1n) is 8.00. The predicted molar refractivity (Wildman–Crippen MR) is 93.3 cm³/mol. The summed E-state index contributed by atoms with van der Waals surface area (Å²) >= 11 is 0. The zero-order chi connectivity index (χ0) is 17.6. The van der Waals surface area contributed by atoms with Crippen molar-refractivity contribution in [2.24, 2.45) is 7.05 Å². The van der Waals surface area contributed by atoms with Crippen LogP contribution in [0.2, 0.25) is 0 Å². The number of aryl methyl sites for hydroxylation is 1. The van der Waals surface area contributed by atoms with Crippen LogP contribution in [0.1, 0.15) is 26.3 Å². The second kappa shape index (κ2) is 5.61. The monoisotopic (exact) mass is 332 g/mol. The second-order valence-corrected chi connectivity index (χ2v) is 7.00. The predicted octanol–water partition coefficient (Wildman–Crippen LogP) is 3.49. The van der Waals surface area contributed by atoms with Gasteiger partial charge in [-0.15, -0.1) is 0 Å². The maximum absolute atomic E-state index is 12.6. The van der Waals surface area contributed by atoms with Gasteiger partial charge in [-0.05, 0) is 32.8 Å². The third-order valence-electron chi connectivity index (χ3n) is 4.16. The van der Waals surface area contributed by atoms with Gasteiger partial charge in [0.05, 0.1) is 25.4 Å². The molecule has 3 rings (SSSR count). The Bertz CT molecular complexity index is 802. The van der Waals surface area contributed by atoms with Crippen LogP contribution in [0.5, 0.6) is 11.5 Å². The van der Waals surface area contributed by atoms with Gasteiger partial charge < -0.3 is 18.8 Å². The number of hydrogen-bond acceptors (Lipinski definition) is 4. The Morgan fingerprint density at radius 1 is 1.21 bits per heavy atom. The largest absolute Gasteiger partial charge is 0.493 e. The van der Waals surface area contributed by atoms with Crippen molar-refractivity contribution in [1.29, 1.82) is 0 Å². The molecule has 1 aliphatic rings. The first-order valence-corrected chi connectivity index (χ1v) is 8.00. The van der Waals surface area contributed by atoms with Crippen LogP contribution in [0.15, 0.2) is 12.3 Å². The van der Waals surface area contributed by atoms with Crippen LogP contribution < -0.4 is 14.4 Å². The molecule has 0 fully saturated rings. The molecule has 2 aromatic rings. The van der Waals surface area contributed by atoms with Crippen LogP contribution in [-0.4, -0.2) is 37.0 Å². The number of anilines is 1. The van der Waals surface area contributed by atoms with E-state index >= 15 is 0 Å². The third-order valence-corrected chi connectivity index (χ3v) is 4.16. The summed E-state index contributed by atoms with van der Waals surface area (Å²) in [7, 11) is 5.20. The molecule has 0 radical (unpaired) electrons. The number of methoxy groups -OCH3 is 2. The molecule has 1 aromatic carbocycles. The lowest BCUT2D eigenvalue weighted by molar-refractivity contribution is 0.0580. The van der Waals surface area contributed by atoms with Gasteiger partial charge in [-0.1, -0.05) is 0 Å². The molecule has 24 heavy (non-hydrogen) atoms. The van der Waals surface area contributed by atoms with E-state index in [2.05, 4.69) is 6.20 Å². The molecule has 1 aromatic heterocycles. The van der Waals surface area contributed by atoms with Gasteiger partial charge in [0.2, 0.25) is 0 Å². The van der Waals surface area contributed by atoms with E-state index in [4.69, 9.17) is 14.2 Å². The molecule has 0 bridgehead atoms. The molecule has 6 nitrogen and oxygen atoms in total. The molecule has 0 aliphatic carbocycles. The Labute approximate surface area is 141 Å². The molecule has 0 saturated carbocycles. The van der Waals surface area contributed by atoms with E-state index < -0.39 is 5.60 Å². The molecule has 0 atom stereocenters. The Hall–Kier alpha value is -2.37. The lowest BCUT2D eigenvalue weighted by Gasteiger charge is -2.31. The summed E-state index contributed by atoms with van der Waals surface area (Å²) in [6.45, 7) is 6.18. The molecular weight excluding hydrogens is 308 g/mol. The van der Waals surface area contributed by atoms with E-state index in [1.165, 1.54) is 5.56 Å². The number of carbonyl (C=O) groups is 1. The van der Waals surface area contributed by atoms with Gasteiger partial charge >= 0.3 is 6.09 Å². The second-order valence-electron chi connectivity index (χ2n) is 7.00. The summed E-state index contributed by atoms with van der Waals surface area (Å²) in [5.41, 5.74) is 2.39. The molecule has 0 spiro atoms. The van der Waals surface area contributed by atoms with Crippen molar-refractivity contribution in [1.82, 2.24) is 4.57 Å². The molecule has 0 saturated heterocycles. The number of benzene rings is 1. The normalized spacial score (nSPS) is 14.0. The lowest BCUT2D eigenvalue weighted by atomic mass is 10.0. The number of aromatic nitrogens is 1. The maximum atomic E-state index is 12.6. The van der Waals surface area contributed by atoms with Crippen molar-refractivity contribution in [3.05, 3.63) is 17.8 Å². The topological polar surface area (TPSA) is 52.9 Å². The zero-order valence-electron chi connectivity index (χ0n) is 15.1. The Morgan fingerprint density at radius 2 is 1.92 bits per heavy atom. The summed E-state index contributed by atoms with van der Waals surface area (Å²) in [6, 6.07) is 1.85. The zero-order valence-corrected chi connectivity index (χ0v) is 15.1. The van der Waals surface area contributed by atoms with Crippen LogP contribution in [0.3, 0.4) is 0 Å². The van der Waals surface area contributed by atoms with Crippen molar-refractivity contribution >= 4 is 22.7 Å². The average Bonchev–Trinajstić information content (AvgIpc) is 2.83. The summed E-state index contributed by atoms with van der Waals surface area (Å²) in [5, 5.41) is 1.02. The number of hydrogen-bond donors (Lipinski definition) is 0. The van der Waals surface area contributed by atoms with Gasteiger partial charge in [0.15, 0.2) is 11.5 Å². The van der Waals surface area contributed by atoms with Crippen molar-refractivity contribution < 1.29 is 19.0 Å². The number of ether oxygens (including phenoxy) is 3. The summed E-state index contributed by atoms with van der Waals surface area (Å²) in [4.78, 5) is 14.3. The summed E-state index contributed by atoms with van der Waals surface area (Å²) in [6.07, 6.45) is 2.52. The summed E-state index contributed by atoms with van der Waals surface area (Å²) < 4.78 is 18.6. The highest BCUT2D eigenvalue weighted by Crippen LogP contribution is 2.45. The molecule has 0 unspecified atom stereocenters. The SMILES string of the molecule is COc1cc2c3c(cn(C)c3c1OC)CCN2C(=O)OC(C)(C)C. The van der Waals surface area contributed by atoms with Crippen molar-refractivity contribution in [3.8, 4) is 11.5 Å². The van der Waals surface area contributed by atoms with Crippen molar-refractivity contribution in [2.75, 3.05) is 25.7 Å². The van der Waals surface area contributed by atoms with Crippen LogP contribution in [0.25, 0.3) is 10.9 Å². The van der Waals surface area contributed by atoms with Crippen LogP contribution >= 0.6 is 0 Å². The van der Waals surface area contributed by atoms with E-state index in [-0.39, 0.29) is 6.09 Å². The fourth-order valence-electron chi connectivity index (χ4n) is 3.24. The average molecular weight is 332 g/mol. The number of carbonyl (C=O) groups excluding carboxylic acids is 1. The van der Waals surface area contributed by atoms with E-state index in [0.717, 1.165) is 23.0 Å². The maximum Gasteiger partial charge on any atom is 0.414 e. The van der Waals surface area contributed by atoms with Crippen LogP contribution in [-0.2, 0) is 18.2 Å². The fourth-order valence-corrected chi connectivity index (χ4v) is 3.24. The van der Waals surface area contributed by atoms with Crippen molar-refractivity contribution in [3.63, 3.8) is 0 Å². The van der Waals surface area contributed by atoms with Gasteiger partial charge in [0, 0.05) is 31.2 Å². The number of rotatable bonds is 2. The van der Waals surface area contributed by atoms with Gasteiger partial charge in [-0.3, -0.25) is 4.90 Å². The molecule has 130 valence electrons. The van der Waals surface area contributed by atoms with E-state index in [1.54, 1.807) is 19.1 Å². The summed E-state index contributed by atoms with van der Waals surface area (Å²) in [5.74, 6) is 1.28. The van der Waals surface area contributed by atoms with Gasteiger partial charge in [0.25, 0.3) is 0 Å². The quantitative estimate of drug-likeness (QED) is 0.845. The molecular formula is C18H24N2O4. The van der Waals surface area contributed by atoms with E-state index in [9.17, 15) is 4.79 Å². The highest BCUT2D eigenvalue weighted by atomic mass is 16.6. The van der Waals surface area contributed by atoms with Gasteiger partial charge in [0.1, 0.15) is 5.60 Å². The minimum atomic E-state index is -0.538. The van der Waals surface area contributed by atoms with Crippen LogP contribution in [0, 0.1) is 0 Å². The standard InChI is InChI=1S/C18H24N2O4/c1-18(2,3)24-17(21)20-8-7-11-10-19(4)15-14(11)12(20)9-13(22-5)16(15)23-6/h9-10H,7-8H2,1-6H3. The lowest BCUT2D eigenvalue weighted by Crippen LogP contribution is -2.39. The molecule has 0 N–H and O–H groups in total. The van der Waals surface area contributed by atoms with Crippen molar-refractivity contribution in [2.45, 2.75) is 32.8 Å². The Balaban J connectivity index is 2.20. The van der Waals surface area contributed by atoms with E-state index in [0.29, 0.717) is 18.0 Å². The molecule has 1 aliphatic heterocycles. The van der Waals surface area contributed by atoms with Gasteiger partial charge in [-0.2, -0.15) is 0 Å². The highest BCUT2D eigenvalue weighted by molar-refractivity contribution is 6.07. The van der Waals surface area contributed by atoms with E-state index in [1.807, 2.05) is 38.5 Å². The van der Waals surface area contributed by atoms with Gasteiger partial charge in [-0.25, -0.2) is 4.79 Å².